The number of nitrogens with one attached hydrogen (secondary N) is 1. The number of likely N-dealkylation sites (tertiary alicyclic amines) is 1. The van der Waals surface area contributed by atoms with Crippen molar-refractivity contribution >= 4 is 18.3 Å². The fourth-order valence-corrected chi connectivity index (χ4v) is 3.45. The molecule has 0 aliphatic carbocycles. The predicted molar refractivity (Wildman–Crippen MR) is 88.6 cm³/mol. The molecule has 3 nitrogen and oxygen atoms in total. The van der Waals surface area contributed by atoms with Crippen molar-refractivity contribution in [1.29, 1.82) is 0 Å². The summed E-state index contributed by atoms with van der Waals surface area (Å²) in [4.78, 5) is 13.5. The Hall–Kier alpha value is -1.27. The van der Waals surface area contributed by atoms with Crippen molar-refractivity contribution in [2.24, 2.45) is 0 Å². The van der Waals surface area contributed by atoms with E-state index in [4.69, 9.17) is 0 Å². The molecule has 2 saturated heterocycles. The van der Waals surface area contributed by atoms with Crippen LogP contribution in [-0.4, -0.2) is 42.9 Å². The van der Waals surface area contributed by atoms with Gasteiger partial charge in [-0.2, -0.15) is 0 Å². The van der Waals surface area contributed by atoms with Crippen molar-refractivity contribution in [3.8, 4) is 0 Å². The van der Waals surface area contributed by atoms with Gasteiger partial charge in [-0.25, -0.2) is 13.2 Å². The molecule has 1 aromatic carbocycles. The zero-order valence-electron chi connectivity index (χ0n) is 13.4. The molecule has 134 valence electrons. The molecular formula is C17H22ClF3N2O. The van der Waals surface area contributed by atoms with Crippen molar-refractivity contribution < 1.29 is 18.0 Å². The van der Waals surface area contributed by atoms with E-state index in [0.717, 1.165) is 30.8 Å². The average Bonchev–Trinajstić information content (AvgIpc) is 2.54. The summed E-state index contributed by atoms with van der Waals surface area (Å²) in [7, 11) is 0. The van der Waals surface area contributed by atoms with E-state index in [2.05, 4.69) is 5.32 Å². The Kier molecular flexibility index (Phi) is 6.15. The van der Waals surface area contributed by atoms with Gasteiger partial charge in [0.05, 0.1) is 6.54 Å². The summed E-state index contributed by atoms with van der Waals surface area (Å²) in [5.74, 6) is -3.62. The summed E-state index contributed by atoms with van der Waals surface area (Å²) in [6.45, 7) is 1.43. The standard InChI is InChI=1S/C17H21F3N2O.ClH/c18-15-10-13(2-3-14(15)12-4-7-21-8-5-12)16(23)22-9-1-6-17(19,20)11-22;/h2-3,10,12,21H,1,4-9,11H2;1H. The monoisotopic (exact) mass is 362 g/mol. The minimum atomic E-state index is -2.85. The number of halogens is 4. The van der Waals surface area contributed by atoms with E-state index in [-0.39, 0.29) is 36.7 Å². The van der Waals surface area contributed by atoms with Crippen molar-refractivity contribution in [2.45, 2.75) is 37.5 Å². The Bertz CT molecular complexity index is 591. The summed E-state index contributed by atoms with van der Waals surface area (Å²) in [6, 6.07) is 4.41. The summed E-state index contributed by atoms with van der Waals surface area (Å²) in [5, 5.41) is 3.23. The fourth-order valence-electron chi connectivity index (χ4n) is 3.45. The maximum absolute atomic E-state index is 14.4. The lowest BCUT2D eigenvalue weighted by Crippen LogP contribution is -2.45. The first-order valence-corrected chi connectivity index (χ1v) is 8.13. The van der Waals surface area contributed by atoms with Crippen LogP contribution in [0.3, 0.4) is 0 Å². The Morgan fingerprint density at radius 3 is 2.58 bits per heavy atom. The maximum atomic E-state index is 14.4. The van der Waals surface area contributed by atoms with E-state index in [9.17, 15) is 18.0 Å². The van der Waals surface area contributed by atoms with Gasteiger partial charge in [-0.1, -0.05) is 6.07 Å². The number of carbonyl (C=O) groups excluding carboxylic acids is 1. The highest BCUT2D eigenvalue weighted by atomic mass is 35.5. The van der Waals surface area contributed by atoms with Gasteiger partial charge in [-0.05, 0) is 56.0 Å². The molecular weight excluding hydrogens is 341 g/mol. The third kappa shape index (κ3) is 4.22. The number of nitrogens with zero attached hydrogens (tertiary/aromatic N) is 1. The van der Waals surface area contributed by atoms with Crippen LogP contribution in [-0.2, 0) is 0 Å². The molecule has 3 rings (SSSR count). The molecule has 0 spiro atoms. The first kappa shape index (κ1) is 19.1. The molecule has 2 aliphatic heterocycles. The second-order valence-corrected chi connectivity index (χ2v) is 6.45. The molecule has 0 unspecified atom stereocenters. The molecule has 7 heteroatoms. The summed E-state index contributed by atoms with van der Waals surface area (Å²) in [6.07, 6.45) is 1.80. The lowest BCUT2D eigenvalue weighted by molar-refractivity contribution is -0.0560. The quantitative estimate of drug-likeness (QED) is 0.872. The number of amides is 1. The van der Waals surface area contributed by atoms with Gasteiger partial charge in [0.25, 0.3) is 11.8 Å². The normalized spacial score (nSPS) is 21.2. The Morgan fingerprint density at radius 2 is 1.96 bits per heavy atom. The van der Waals surface area contributed by atoms with Crippen LogP contribution in [0.4, 0.5) is 13.2 Å². The number of hydrogen-bond donors (Lipinski definition) is 1. The average molecular weight is 363 g/mol. The highest BCUT2D eigenvalue weighted by Gasteiger charge is 2.37. The number of carbonyl (C=O) groups is 1. The zero-order valence-corrected chi connectivity index (χ0v) is 14.2. The SMILES string of the molecule is Cl.O=C(c1ccc(C2CCNCC2)c(F)c1)N1CCCC(F)(F)C1. The Morgan fingerprint density at radius 1 is 1.25 bits per heavy atom. The lowest BCUT2D eigenvalue weighted by Gasteiger charge is -2.32. The van der Waals surface area contributed by atoms with E-state index >= 15 is 0 Å². The molecule has 0 saturated carbocycles. The molecule has 0 bridgehead atoms. The van der Waals surface area contributed by atoms with Crippen LogP contribution in [0.25, 0.3) is 0 Å². The van der Waals surface area contributed by atoms with Crippen LogP contribution in [0.1, 0.15) is 47.5 Å². The van der Waals surface area contributed by atoms with Crippen molar-refractivity contribution in [3.63, 3.8) is 0 Å². The van der Waals surface area contributed by atoms with Crippen LogP contribution < -0.4 is 5.32 Å². The molecule has 1 N–H and O–H groups in total. The van der Waals surface area contributed by atoms with E-state index in [0.29, 0.717) is 12.1 Å². The third-order valence-corrected chi connectivity index (χ3v) is 4.71. The van der Waals surface area contributed by atoms with Crippen LogP contribution in [0.15, 0.2) is 18.2 Å². The van der Waals surface area contributed by atoms with Gasteiger partial charge in [0.2, 0.25) is 0 Å². The second kappa shape index (κ2) is 7.74. The van der Waals surface area contributed by atoms with Gasteiger partial charge in [-0.15, -0.1) is 12.4 Å². The molecule has 24 heavy (non-hydrogen) atoms. The number of alkyl halides is 2. The highest BCUT2D eigenvalue weighted by molar-refractivity contribution is 5.94. The first-order chi connectivity index (χ1) is 11.0. The van der Waals surface area contributed by atoms with Gasteiger partial charge >= 0.3 is 0 Å². The summed E-state index contributed by atoms with van der Waals surface area (Å²) in [5.41, 5.74) is 0.768. The number of benzene rings is 1. The van der Waals surface area contributed by atoms with Gasteiger partial charge in [0.1, 0.15) is 5.82 Å². The molecule has 2 aliphatic rings. The summed E-state index contributed by atoms with van der Waals surface area (Å²) >= 11 is 0. The van der Waals surface area contributed by atoms with Crippen molar-refractivity contribution in [3.05, 3.63) is 35.1 Å². The number of hydrogen-bond acceptors (Lipinski definition) is 2. The number of piperidine rings is 2. The minimum Gasteiger partial charge on any atom is -0.333 e. The molecule has 1 amide bonds. The first-order valence-electron chi connectivity index (χ1n) is 8.13. The molecule has 2 heterocycles. The number of rotatable bonds is 2. The Labute approximate surface area is 146 Å². The molecule has 0 atom stereocenters. The largest absolute Gasteiger partial charge is 0.333 e. The molecule has 0 aromatic heterocycles. The van der Waals surface area contributed by atoms with E-state index in [1.54, 1.807) is 12.1 Å². The van der Waals surface area contributed by atoms with Gasteiger partial charge < -0.3 is 10.2 Å². The fraction of sp³-hybridized carbons (Fsp3) is 0.588. The van der Waals surface area contributed by atoms with Crippen LogP contribution in [0.5, 0.6) is 0 Å². The predicted octanol–water partition coefficient (Wildman–Crippen LogP) is 3.59. The van der Waals surface area contributed by atoms with E-state index in [1.807, 2.05) is 0 Å². The van der Waals surface area contributed by atoms with E-state index < -0.39 is 24.2 Å². The van der Waals surface area contributed by atoms with Gasteiger partial charge in [0, 0.05) is 18.5 Å². The molecule has 0 radical (unpaired) electrons. The Balaban J connectivity index is 0.00000208. The van der Waals surface area contributed by atoms with E-state index in [1.165, 1.54) is 6.07 Å². The highest BCUT2D eigenvalue weighted by Crippen LogP contribution is 2.30. The second-order valence-electron chi connectivity index (χ2n) is 6.45. The van der Waals surface area contributed by atoms with Gasteiger partial charge in [-0.3, -0.25) is 4.79 Å². The lowest BCUT2D eigenvalue weighted by atomic mass is 9.89. The van der Waals surface area contributed by atoms with Crippen LogP contribution in [0.2, 0.25) is 0 Å². The van der Waals surface area contributed by atoms with Crippen LogP contribution in [0, 0.1) is 5.82 Å². The minimum absolute atomic E-state index is 0. The van der Waals surface area contributed by atoms with Gasteiger partial charge in [0.15, 0.2) is 0 Å². The molecule has 2 fully saturated rings. The summed E-state index contributed by atoms with van der Waals surface area (Å²) < 4.78 is 41.3. The van der Waals surface area contributed by atoms with Crippen molar-refractivity contribution in [2.75, 3.05) is 26.2 Å². The smallest absolute Gasteiger partial charge is 0.265 e. The zero-order chi connectivity index (χ0) is 16.4. The topological polar surface area (TPSA) is 32.3 Å². The molecule has 1 aromatic rings. The maximum Gasteiger partial charge on any atom is 0.265 e. The third-order valence-electron chi connectivity index (χ3n) is 4.71. The van der Waals surface area contributed by atoms with Crippen LogP contribution >= 0.6 is 12.4 Å². The van der Waals surface area contributed by atoms with Crippen molar-refractivity contribution in [1.82, 2.24) is 10.2 Å².